The first-order valence-electron chi connectivity index (χ1n) is 9.44. The van der Waals surface area contributed by atoms with Gasteiger partial charge in [-0.1, -0.05) is 28.1 Å². The van der Waals surface area contributed by atoms with E-state index in [1.807, 2.05) is 43.3 Å². The third-order valence-corrected chi connectivity index (χ3v) is 6.11. The van der Waals surface area contributed by atoms with E-state index >= 15 is 0 Å². The molecule has 3 aromatic rings. The maximum Gasteiger partial charge on any atom is 0.335 e. The molecule has 8 heteroatoms. The standard InChI is InChI=1S/C23H17BrN2O4S/c1-2-26-21(27)20(31-23(26)25-17-9-5-15(6-10-17)22(28)29)13-18-11-12-19(30-18)14-3-7-16(24)8-4-14/h3-13H,2H2,1H3,(H,28,29)/b20-13+,25-23?. The molecule has 0 bridgehead atoms. The van der Waals surface area contributed by atoms with Crippen LogP contribution < -0.4 is 0 Å². The number of carbonyl (C=O) groups is 2. The number of likely N-dealkylation sites (N-methyl/N-ethyl adjacent to an activating group) is 1. The van der Waals surface area contributed by atoms with Crippen LogP contribution in [0.25, 0.3) is 17.4 Å². The number of hydrogen-bond acceptors (Lipinski definition) is 5. The molecular formula is C23H17BrN2O4S. The van der Waals surface area contributed by atoms with Crippen molar-refractivity contribution in [3.63, 3.8) is 0 Å². The van der Waals surface area contributed by atoms with Crippen LogP contribution >= 0.6 is 27.7 Å². The van der Waals surface area contributed by atoms with Gasteiger partial charge in [-0.15, -0.1) is 0 Å². The summed E-state index contributed by atoms with van der Waals surface area (Å²) in [5.41, 5.74) is 1.71. The molecule has 2 heterocycles. The van der Waals surface area contributed by atoms with E-state index in [1.165, 1.54) is 23.9 Å². The Balaban J connectivity index is 1.58. The molecule has 31 heavy (non-hydrogen) atoms. The van der Waals surface area contributed by atoms with E-state index in [2.05, 4.69) is 20.9 Å². The van der Waals surface area contributed by atoms with Gasteiger partial charge in [0.1, 0.15) is 11.5 Å². The third-order valence-electron chi connectivity index (χ3n) is 4.57. The van der Waals surface area contributed by atoms with Crippen molar-refractivity contribution in [2.45, 2.75) is 6.92 Å². The second-order valence-electron chi connectivity index (χ2n) is 6.62. The number of aliphatic imine (C=N–C) groups is 1. The number of thioether (sulfide) groups is 1. The highest BCUT2D eigenvalue weighted by Crippen LogP contribution is 2.35. The van der Waals surface area contributed by atoms with Gasteiger partial charge in [-0.05, 0) is 67.2 Å². The van der Waals surface area contributed by atoms with Crippen molar-refractivity contribution in [3.8, 4) is 11.3 Å². The zero-order valence-corrected chi connectivity index (χ0v) is 18.8. The molecule has 2 aromatic carbocycles. The number of furan rings is 1. The average Bonchev–Trinajstić information content (AvgIpc) is 3.34. The van der Waals surface area contributed by atoms with Crippen molar-refractivity contribution < 1.29 is 19.1 Å². The Morgan fingerprint density at radius 1 is 1.13 bits per heavy atom. The summed E-state index contributed by atoms with van der Waals surface area (Å²) in [6, 6.07) is 17.7. The van der Waals surface area contributed by atoms with E-state index in [9.17, 15) is 9.59 Å². The van der Waals surface area contributed by atoms with Crippen molar-refractivity contribution >= 4 is 56.5 Å². The third kappa shape index (κ3) is 4.65. The van der Waals surface area contributed by atoms with E-state index < -0.39 is 5.97 Å². The van der Waals surface area contributed by atoms with Crippen LogP contribution in [0.1, 0.15) is 23.0 Å². The van der Waals surface area contributed by atoms with Gasteiger partial charge >= 0.3 is 5.97 Å². The van der Waals surface area contributed by atoms with Crippen LogP contribution in [0, 0.1) is 0 Å². The number of halogens is 1. The SMILES string of the molecule is CCN1C(=O)/C(=C\c2ccc(-c3ccc(Br)cc3)o2)SC1=Nc1ccc(C(=O)O)cc1. The lowest BCUT2D eigenvalue weighted by Crippen LogP contribution is -2.28. The molecule has 0 spiro atoms. The highest BCUT2D eigenvalue weighted by molar-refractivity contribution is 9.10. The first kappa shape index (κ1) is 21.1. The molecule has 1 aliphatic heterocycles. The Morgan fingerprint density at radius 2 is 1.84 bits per heavy atom. The molecule has 1 amide bonds. The maximum atomic E-state index is 12.8. The average molecular weight is 497 g/mol. The van der Waals surface area contributed by atoms with Crippen LogP contribution in [0.2, 0.25) is 0 Å². The number of carboxylic acid groups (broad SMARTS) is 1. The van der Waals surface area contributed by atoms with Crippen molar-refractivity contribution in [2.75, 3.05) is 6.54 Å². The van der Waals surface area contributed by atoms with Gasteiger partial charge in [0.25, 0.3) is 5.91 Å². The normalized spacial score (nSPS) is 16.5. The van der Waals surface area contributed by atoms with Crippen molar-refractivity contribution in [1.29, 1.82) is 0 Å². The number of carboxylic acids is 1. The Morgan fingerprint density at radius 3 is 2.48 bits per heavy atom. The smallest absolute Gasteiger partial charge is 0.335 e. The van der Waals surface area contributed by atoms with E-state index in [0.29, 0.717) is 28.1 Å². The molecule has 6 nitrogen and oxygen atoms in total. The molecule has 0 aliphatic carbocycles. The zero-order valence-electron chi connectivity index (χ0n) is 16.4. The fourth-order valence-electron chi connectivity index (χ4n) is 2.99. The predicted molar refractivity (Wildman–Crippen MR) is 125 cm³/mol. The fraction of sp³-hybridized carbons (Fsp3) is 0.0870. The molecule has 1 aliphatic rings. The number of benzene rings is 2. The number of nitrogens with zero attached hydrogens (tertiary/aromatic N) is 2. The number of amides is 1. The Hall–Kier alpha value is -3.10. The topological polar surface area (TPSA) is 83.1 Å². The lowest BCUT2D eigenvalue weighted by atomic mass is 10.2. The highest BCUT2D eigenvalue weighted by Gasteiger charge is 2.32. The van der Waals surface area contributed by atoms with Crippen LogP contribution in [0.3, 0.4) is 0 Å². The molecule has 0 unspecified atom stereocenters. The molecule has 4 rings (SSSR count). The van der Waals surface area contributed by atoms with Crippen LogP contribution in [0.15, 0.2) is 79.5 Å². The van der Waals surface area contributed by atoms with Gasteiger partial charge in [-0.2, -0.15) is 0 Å². The minimum atomic E-state index is -0.994. The van der Waals surface area contributed by atoms with Crippen LogP contribution in [0.4, 0.5) is 5.69 Å². The molecular weight excluding hydrogens is 480 g/mol. The van der Waals surface area contributed by atoms with Gasteiger partial charge in [-0.3, -0.25) is 9.69 Å². The van der Waals surface area contributed by atoms with Gasteiger partial charge in [0.2, 0.25) is 0 Å². The highest BCUT2D eigenvalue weighted by atomic mass is 79.9. The lowest BCUT2D eigenvalue weighted by Gasteiger charge is -2.11. The number of carbonyl (C=O) groups excluding carboxylic acids is 1. The van der Waals surface area contributed by atoms with E-state index in [4.69, 9.17) is 9.52 Å². The van der Waals surface area contributed by atoms with E-state index in [1.54, 1.807) is 23.1 Å². The largest absolute Gasteiger partial charge is 0.478 e. The number of amidine groups is 1. The number of hydrogen-bond donors (Lipinski definition) is 1. The van der Waals surface area contributed by atoms with Gasteiger partial charge in [-0.25, -0.2) is 9.79 Å². The van der Waals surface area contributed by atoms with Crippen LogP contribution in [0.5, 0.6) is 0 Å². The molecule has 156 valence electrons. The summed E-state index contributed by atoms with van der Waals surface area (Å²) in [6.07, 6.45) is 1.72. The number of rotatable bonds is 5. The van der Waals surface area contributed by atoms with Crippen LogP contribution in [-0.4, -0.2) is 33.6 Å². The molecule has 1 aromatic heterocycles. The van der Waals surface area contributed by atoms with E-state index in [-0.39, 0.29) is 11.5 Å². The predicted octanol–water partition coefficient (Wildman–Crippen LogP) is 6.03. The molecule has 0 radical (unpaired) electrons. The fourth-order valence-corrected chi connectivity index (χ4v) is 4.29. The van der Waals surface area contributed by atoms with Gasteiger partial charge < -0.3 is 9.52 Å². The minimum Gasteiger partial charge on any atom is -0.478 e. The van der Waals surface area contributed by atoms with Crippen LogP contribution in [-0.2, 0) is 4.79 Å². The number of aromatic carboxylic acids is 1. The Bertz CT molecular complexity index is 1200. The first-order chi connectivity index (χ1) is 14.9. The summed E-state index contributed by atoms with van der Waals surface area (Å²) in [6.45, 7) is 2.35. The van der Waals surface area contributed by atoms with Gasteiger partial charge in [0.05, 0.1) is 16.2 Å². The minimum absolute atomic E-state index is 0.144. The van der Waals surface area contributed by atoms with Crippen molar-refractivity contribution in [2.24, 2.45) is 4.99 Å². The summed E-state index contributed by atoms with van der Waals surface area (Å²) in [7, 11) is 0. The monoisotopic (exact) mass is 496 g/mol. The second-order valence-corrected chi connectivity index (χ2v) is 8.54. The molecule has 1 N–H and O–H groups in total. The Labute approximate surface area is 191 Å². The maximum absolute atomic E-state index is 12.8. The summed E-state index contributed by atoms with van der Waals surface area (Å²) < 4.78 is 6.89. The summed E-state index contributed by atoms with van der Waals surface area (Å²) in [5.74, 6) is 0.160. The summed E-state index contributed by atoms with van der Waals surface area (Å²) in [5, 5.41) is 9.57. The second kappa shape index (κ2) is 8.95. The quantitative estimate of drug-likeness (QED) is 0.435. The molecule has 0 atom stereocenters. The molecule has 1 fully saturated rings. The van der Waals surface area contributed by atoms with Gasteiger partial charge in [0, 0.05) is 22.7 Å². The summed E-state index contributed by atoms with van der Waals surface area (Å²) in [4.78, 5) is 30.5. The van der Waals surface area contributed by atoms with Crippen molar-refractivity contribution in [3.05, 3.63) is 81.4 Å². The van der Waals surface area contributed by atoms with Gasteiger partial charge in [0.15, 0.2) is 5.17 Å². The molecule has 0 saturated carbocycles. The first-order valence-corrected chi connectivity index (χ1v) is 11.0. The zero-order chi connectivity index (χ0) is 22.0. The van der Waals surface area contributed by atoms with E-state index in [0.717, 1.165) is 15.8 Å². The Kier molecular flexibility index (Phi) is 6.11. The lowest BCUT2D eigenvalue weighted by molar-refractivity contribution is -0.122. The molecule has 1 saturated heterocycles. The van der Waals surface area contributed by atoms with Crippen molar-refractivity contribution in [1.82, 2.24) is 4.90 Å². The summed E-state index contributed by atoms with van der Waals surface area (Å²) >= 11 is 4.68.